The Morgan fingerprint density at radius 3 is 2.67 bits per heavy atom. The maximum absolute atomic E-state index is 2.39. The van der Waals surface area contributed by atoms with Gasteiger partial charge in [0.1, 0.15) is 0 Å². The van der Waals surface area contributed by atoms with E-state index < -0.39 is 0 Å². The zero-order valence-electron chi connectivity index (χ0n) is 3.72. The third-order valence-corrected chi connectivity index (χ3v) is 4.80. The van der Waals surface area contributed by atoms with Crippen LogP contribution in [0.1, 0.15) is 6.42 Å². The van der Waals surface area contributed by atoms with Gasteiger partial charge in [0.25, 0.3) is 0 Å². The van der Waals surface area contributed by atoms with Gasteiger partial charge in [0.15, 0.2) is 0 Å². The molecule has 0 unspecified atom stereocenters. The standard InChI is InChI=1S/C4H6.2Al/c1-3-4-2;;/h1,3H,2,4H2;;. The quantitative estimate of drug-likeness (QED) is 0.399. The van der Waals surface area contributed by atoms with Crippen LogP contribution < -0.4 is 0 Å². The van der Waals surface area contributed by atoms with Crippen molar-refractivity contribution in [3.05, 3.63) is 11.0 Å². The molecular weight excluding hydrogens is 102 g/mol. The fourth-order valence-corrected chi connectivity index (χ4v) is 3.72. The topological polar surface area (TPSA) is 0 Å². The number of hydrogen-bond donors (Lipinski definition) is 0. The Labute approximate surface area is 48.4 Å². The molecule has 1 heterocycles. The van der Waals surface area contributed by atoms with Crippen LogP contribution in [0.4, 0.5) is 0 Å². The summed E-state index contributed by atoms with van der Waals surface area (Å²) in [5, 5.41) is 1.53. The molecule has 0 spiro atoms. The normalized spacial score (nSPS) is 16.0. The summed E-state index contributed by atoms with van der Waals surface area (Å²) in [6.45, 7) is 0. The third-order valence-electron chi connectivity index (χ3n) is 0.883. The molecule has 0 radical (unpaired) electrons. The first-order valence-electron chi connectivity index (χ1n) is 2.32. The van der Waals surface area contributed by atoms with Crippen molar-refractivity contribution in [3.8, 4) is 0 Å². The van der Waals surface area contributed by atoms with E-state index in [2.05, 4.69) is 11.0 Å². The Morgan fingerprint density at radius 1 is 1.50 bits per heavy atom. The molecule has 0 aromatic carbocycles. The second-order valence-electron chi connectivity index (χ2n) is 1.43. The summed E-state index contributed by atoms with van der Waals surface area (Å²) in [7, 11) is 0. The van der Waals surface area contributed by atoms with Gasteiger partial charge in [-0.2, -0.15) is 0 Å². The van der Waals surface area contributed by atoms with Crippen molar-refractivity contribution in [1.29, 1.82) is 0 Å². The molecule has 0 atom stereocenters. The third kappa shape index (κ3) is 1.50. The zero-order valence-corrected chi connectivity index (χ0v) is 6.03. The van der Waals surface area contributed by atoms with E-state index in [0.717, 1.165) is 25.6 Å². The molecule has 1 aliphatic heterocycles. The van der Waals surface area contributed by atoms with Crippen molar-refractivity contribution >= 4 is 25.6 Å². The Kier molecular flexibility index (Phi) is 2.39. The molecule has 0 fully saturated rings. The van der Waals surface area contributed by atoms with E-state index in [1.165, 1.54) is 11.7 Å². The predicted molar refractivity (Wildman–Crippen MR) is 30.1 cm³/mol. The first-order chi connectivity index (χ1) is 3.00. The average Bonchev–Trinajstić information content (AvgIpc) is 1.72. The minimum absolute atomic E-state index is 0.808. The van der Waals surface area contributed by atoms with Crippen LogP contribution in [0.25, 0.3) is 0 Å². The minimum atomic E-state index is 0.808. The zero-order chi connectivity index (χ0) is 4.24. The van der Waals surface area contributed by atoms with Gasteiger partial charge in [-0.25, -0.2) is 0 Å². The van der Waals surface area contributed by atoms with Gasteiger partial charge in [-0.15, -0.1) is 0 Å². The van der Waals surface area contributed by atoms with E-state index in [0.29, 0.717) is 0 Å². The van der Waals surface area contributed by atoms with E-state index in [9.17, 15) is 0 Å². The molecule has 0 N–H and O–H groups in total. The Balaban J connectivity index is 2.46. The van der Waals surface area contributed by atoms with Crippen LogP contribution in [0.2, 0.25) is 5.28 Å². The Hall–Kier alpha value is 0.805. The van der Waals surface area contributed by atoms with Gasteiger partial charge >= 0.3 is 48.3 Å². The van der Waals surface area contributed by atoms with Crippen LogP contribution >= 0.6 is 0 Å². The fourth-order valence-electron chi connectivity index (χ4n) is 0.542. The molecule has 0 saturated heterocycles. The molecule has 0 saturated carbocycles. The molecule has 6 heavy (non-hydrogen) atoms. The van der Waals surface area contributed by atoms with Crippen LogP contribution in [-0.2, 0) is 0 Å². The molecule has 0 aromatic rings. The van der Waals surface area contributed by atoms with Crippen molar-refractivity contribution in [1.82, 2.24) is 0 Å². The summed E-state index contributed by atoms with van der Waals surface area (Å²) in [4.78, 5) is 2.39. The summed E-state index contributed by atoms with van der Waals surface area (Å²) in [6, 6.07) is 0. The Morgan fingerprint density at radius 2 is 2.50 bits per heavy atom. The van der Waals surface area contributed by atoms with Crippen molar-refractivity contribution in [2.75, 3.05) is 0 Å². The van der Waals surface area contributed by atoms with Crippen LogP contribution in [0, 0.1) is 0 Å². The average molecular weight is 108 g/mol. The van der Waals surface area contributed by atoms with E-state index in [1.54, 1.807) is 0 Å². The van der Waals surface area contributed by atoms with E-state index in [1.807, 2.05) is 0 Å². The fraction of sp³-hybridized carbons (Fsp3) is 0.500. The molecular formula is C4H6Al2. The maximum atomic E-state index is 2.39. The van der Waals surface area contributed by atoms with Gasteiger partial charge in [0.05, 0.1) is 0 Å². The number of hydrogen-bond acceptors (Lipinski definition) is 0. The molecule has 0 nitrogen and oxygen atoms in total. The van der Waals surface area contributed by atoms with Crippen LogP contribution in [0.3, 0.4) is 0 Å². The van der Waals surface area contributed by atoms with Crippen molar-refractivity contribution in [3.63, 3.8) is 0 Å². The number of rotatable bonds is 0. The van der Waals surface area contributed by atoms with Gasteiger partial charge in [-0.1, -0.05) is 0 Å². The van der Waals surface area contributed by atoms with Crippen LogP contribution in [0.15, 0.2) is 11.0 Å². The van der Waals surface area contributed by atoms with Gasteiger partial charge in [0, 0.05) is 0 Å². The van der Waals surface area contributed by atoms with Crippen molar-refractivity contribution in [2.45, 2.75) is 11.7 Å². The molecule has 1 rings (SSSR count). The van der Waals surface area contributed by atoms with Gasteiger partial charge < -0.3 is 0 Å². The summed E-state index contributed by atoms with van der Waals surface area (Å²) >= 11 is 1.71. The Bertz CT molecular complexity index is 71.5. The molecule has 2 heteroatoms. The van der Waals surface area contributed by atoms with Crippen LogP contribution in [-0.4, -0.2) is 25.6 Å². The molecule has 0 bridgehead atoms. The predicted octanol–water partition coefficient (Wildman–Crippen LogP) is 0.645. The second kappa shape index (κ2) is 2.89. The van der Waals surface area contributed by atoms with Gasteiger partial charge in [-0.05, 0) is 0 Å². The van der Waals surface area contributed by atoms with Crippen LogP contribution in [0.5, 0.6) is 0 Å². The first-order valence-corrected chi connectivity index (χ1v) is 6.47. The van der Waals surface area contributed by atoms with E-state index in [-0.39, 0.29) is 0 Å². The molecule has 0 amide bonds. The SMILES string of the molecule is C1=[CH][Al]=[Al][CH2]C1. The van der Waals surface area contributed by atoms with E-state index >= 15 is 0 Å². The molecule has 0 aliphatic carbocycles. The van der Waals surface area contributed by atoms with Gasteiger partial charge in [-0.3, -0.25) is 0 Å². The second-order valence-corrected chi connectivity index (χ2v) is 5.82. The monoisotopic (exact) mass is 108 g/mol. The summed E-state index contributed by atoms with van der Waals surface area (Å²) in [5.74, 6) is 0. The summed E-state index contributed by atoms with van der Waals surface area (Å²) in [6.07, 6.45) is 3.70. The first kappa shape index (κ1) is 4.95. The van der Waals surface area contributed by atoms with Crippen molar-refractivity contribution < 1.29 is 0 Å². The molecule has 0 aromatic heterocycles. The molecule has 28 valence electrons. The van der Waals surface area contributed by atoms with Gasteiger partial charge in [0.2, 0.25) is 0 Å². The van der Waals surface area contributed by atoms with Crippen molar-refractivity contribution in [2.24, 2.45) is 0 Å². The summed E-state index contributed by atoms with van der Waals surface area (Å²) in [5.41, 5.74) is 0. The molecule has 1 aliphatic rings. The number of allylic oxidation sites excluding steroid dienone is 1. The summed E-state index contributed by atoms with van der Waals surface area (Å²) < 4.78 is 0. The van der Waals surface area contributed by atoms with E-state index in [4.69, 9.17) is 0 Å².